The SMILES string of the molecule is CC(C)(C)COC(=O)Cc1ccc(I)cc1[N+](=O)[O-]. The molecule has 0 aliphatic rings. The second-order valence-electron chi connectivity index (χ2n) is 5.43. The Morgan fingerprint density at radius 3 is 2.58 bits per heavy atom. The first-order valence-corrected chi connectivity index (χ1v) is 6.85. The summed E-state index contributed by atoms with van der Waals surface area (Å²) in [6.45, 7) is 6.15. The van der Waals surface area contributed by atoms with Gasteiger partial charge in [-0.2, -0.15) is 0 Å². The van der Waals surface area contributed by atoms with Gasteiger partial charge in [0.1, 0.15) is 0 Å². The van der Waals surface area contributed by atoms with Gasteiger partial charge >= 0.3 is 5.97 Å². The molecule has 0 N–H and O–H groups in total. The summed E-state index contributed by atoms with van der Waals surface area (Å²) < 4.78 is 5.87. The maximum atomic E-state index is 11.7. The molecule has 0 aliphatic carbocycles. The largest absolute Gasteiger partial charge is 0.465 e. The highest BCUT2D eigenvalue weighted by atomic mass is 127. The highest BCUT2D eigenvalue weighted by Gasteiger charge is 2.19. The summed E-state index contributed by atoms with van der Waals surface area (Å²) in [7, 11) is 0. The zero-order chi connectivity index (χ0) is 14.6. The second kappa shape index (κ2) is 6.31. The lowest BCUT2D eigenvalue weighted by atomic mass is 9.99. The number of benzene rings is 1. The monoisotopic (exact) mass is 377 g/mol. The van der Waals surface area contributed by atoms with Crippen LogP contribution in [0.25, 0.3) is 0 Å². The van der Waals surface area contributed by atoms with E-state index in [1.54, 1.807) is 12.1 Å². The van der Waals surface area contributed by atoms with Crippen molar-refractivity contribution >= 4 is 34.2 Å². The maximum absolute atomic E-state index is 11.7. The maximum Gasteiger partial charge on any atom is 0.310 e. The van der Waals surface area contributed by atoms with Crippen LogP contribution in [0.2, 0.25) is 0 Å². The van der Waals surface area contributed by atoms with Gasteiger partial charge in [-0.15, -0.1) is 0 Å². The number of nitro benzene ring substituents is 1. The van der Waals surface area contributed by atoms with E-state index in [2.05, 4.69) is 0 Å². The van der Waals surface area contributed by atoms with Gasteiger partial charge in [0.05, 0.1) is 18.0 Å². The first-order chi connectivity index (χ1) is 8.69. The Kier molecular flexibility index (Phi) is 5.28. The van der Waals surface area contributed by atoms with Crippen LogP contribution < -0.4 is 0 Å². The standard InChI is InChI=1S/C13H16INO4/c1-13(2,3)8-19-12(16)6-9-4-5-10(14)7-11(9)15(17)18/h4-5,7H,6,8H2,1-3H3. The van der Waals surface area contributed by atoms with Crippen molar-refractivity contribution in [3.63, 3.8) is 0 Å². The number of hydrogen-bond donors (Lipinski definition) is 0. The van der Waals surface area contributed by atoms with Crippen LogP contribution in [-0.4, -0.2) is 17.5 Å². The van der Waals surface area contributed by atoms with E-state index in [-0.39, 0.29) is 17.5 Å². The Bertz CT molecular complexity index is 494. The van der Waals surface area contributed by atoms with Crippen molar-refractivity contribution in [1.82, 2.24) is 0 Å². The van der Waals surface area contributed by atoms with E-state index < -0.39 is 10.9 Å². The van der Waals surface area contributed by atoms with E-state index >= 15 is 0 Å². The molecular formula is C13H16INO4. The first-order valence-electron chi connectivity index (χ1n) is 5.77. The van der Waals surface area contributed by atoms with Crippen LogP contribution in [0.5, 0.6) is 0 Å². The molecule has 0 radical (unpaired) electrons. The fourth-order valence-corrected chi connectivity index (χ4v) is 1.83. The summed E-state index contributed by atoms with van der Waals surface area (Å²) in [5.74, 6) is -0.445. The lowest BCUT2D eigenvalue weighted by Gasteiger charge is -2.17. The van der Waals surface area contributed by atoms with Crippen molar-refractivity contribution < 1.29 is 14.5 Å². The summed E-state index contributed by atoms with van der Waals surface area (Å²) in [6, 6.07) is 4.78. The molecule has 19 heavy (non-hydrogen) atoms. The van der Waals surface area contributed by atoms with Crippen molar-refractivity contribution in [3.8, 4) is 0 Å². The van der Waals surface area contributed by atoms with E-state index in [0.29, 0.717) is 12.2 Å². The average Bonchev–Trinajstić information content (AvgIpc) is 2.28. The van der Waals surface area contributed by atoms with Crippen LogP contribution in [0.15, 0.2) is 18.2 Å². The number of carbonyl (C=O) groups is 1. The van der Waals surface area contributed by atoms with E-state index in [1.165, 1.54) is 6.07 Å². The molecule has 0 aromatic heterocycles. The molecule has 0 spiro atoms. The zero-order valence-electron chi connectivity index (χ0n) is 11.1. The van der Waals surface area contributed by atoms with Gasteiger partial charge < -0.3 is 4.74 Å². The normalized spacial score (nSPS) is 11.2. The molecule has 104 valence electrons. The van der Waals surface area contributed by atoms with Crippen LogP contribution in [-0.2, 0) is 16.0 Å². The molecule has 5 nitrogen and oxygen atoms in total. The molecule has 0 unspecified atom stereocenters. The number of halogens is 1. The highest BCUT2D eigenvalue weighted by Crippen LogP contribution is 2.22. The number of carbonyl (C=O) groups excluding carboxylic acids is 1. The van der Waals surface area contributed by atoms with Crippen LogP contribution in [0.1, 0.15) is 26.3 Å². The molecule has 0 heterocycles. The Labute approximate surface area is 125 Å². The second-order valence-corrected chi connectivity index (χ2v) is 6.67. The van der Waals surface area contributed by atoms with Gasteiger partial charge in [0, 0.05) is 15.2 Å². The molecule has 0 atom stereocenters. The molecule has 0 aliphatic heterocycles. The predicted molar refractivity (Wildman–Crippen MR) is 79.9 cm³/mol. The third-order valence-electron chi connectivity index (χ3n) is 2.24. The van der Waals surface area contributed by atoms with Crippen molar-refractivity contribution in [3.05, 3.63) is 37.4 Å². The Morgan fingerprint density at radius 2 is 2.05 bits per heavy atom. The van der Waals surface area contributed by atoms with Gasteiger partial charge in [-0.25, -0.2) is 0 Å². The average molecular weight is 377 g/mol. The molecule has 0 saturated heterocycles. The smallest absolute Gasteiger partial charge is 0.310 e. The minimum Gasteiger partial charge on any atom is -0.465 e. The quantitative estimate of drug-likeness (QED) is 0.349. The molecule has 0 bridgehead atoms. The number of nitro groups is 1. The van der Waals surface area contributed by atoms with Crippen LogP contribution in [0.3, 0.4) is 0 Å². The van der Waals surface area contributed by atoms with E-state index in [1.807, 2.05) is 43.4 Å². The Morgan fingerprint density at radius 1 is 1.42 bits per heavy atom. The first kappa shape index (κ1) is 15.9. The number of rotatable bonds is 4. The molecule has 0 saturated carbocycles. The summed E-state index contributed by atoms with van der Waals surface area (Å²) in [6.07, 6.45) is -0.0800. The summed E-state index contributed by atoms with van der Waals surface area (Å²) >= 11 is 2.00. The van der Waals surface area contributed by atoms with E-state index in [4.69, 9.17) is 4.74 Å². The number of esters is 1. The highest BCUT2D eigenvalue weighted by molar-refractivity contribution is 14.1. The van der Waals surface area contributed by atoms with E-state index in [9.17, 15) is 14.9 Å². The third kappa shape index (κ3) is 5.54. The van der Waals surface area contributed by atoms with Gasteiger partial charge in [-0.3, -0.25) is 14.9 Å². The van der Waals surface area contributed by atoms with Crippen molar-refractivity contribution in [2.24, 2.45) is 5.41 Å². The molecule has 0 fully saturated rings. The number of ether oxygens (including phenoxy) is 1. The fourth-order valence-electron chi connectivity index (χ4n) is 1.36. The molecule has 1 aromatic carbocycles. The summed E-state index contributed by atoms with van der Waals surface area (Å²) in [5, 5.41) is 10.9. The van der Waals surface area contributed by atoms with Crippen molar-refractivity contribution in [2.75, 3.05) is 6.61 Å². The van der Waals surface area contributed by atoms with Gasteiger partial charge in [-0.05, 0) is 34.1 Å². The molecule has 6 heteroatoms. The number of hydrogen-bond acceptors (Lipinski definition) is 4. The van der Waals surface area contributed by atoms with Crippen LogP contribution in [0.4, 0.5) is 5.69 Å². The lowest BCUT2D eigenvalue weighted by molar-refractivity contribution is -0.385. The Balaban J connectivity index is 2.77. The van der Waals surface area contributed by atoms with Crippen LogP contribution in [0, 0.1) is 19.1 Å². The zero-order valence-corrected chi connectivity index (χ0v) is 13.3. The molecular weight excluding hydrogens is 361 g/mol. The van der Waals surface area contributed by atoms with Crippen LogP contribution >= 0.6 is 22.6 Å². The van der Waals surface area contributed by atoms with Crippen molar-refractivity contribution in [2.45, 2.75) is 27.2 Å². The summed E-state index contributed by atoms with van der Waals surface area (Å²) in [5.41, 5.74) is 0.220. The topological polar surface area (TPSA) is 69.4 Å². The molecule has 1 aromatic rings. The van der Waals surface area contributed by atoms with Gasteiger partial charge in [0.15, 0.2) is 0 Å². The predicted octanol–water partition coefficient (Wildman–Crippen LogP) is 3.33. The fraction of sp³-hybridized carbons (Fsp3) is 0.462. The molecule has 1 rings (SSSR count). The van der Waals surface area contributed by atoms with Gasteiger partial charge in [-0.1, -0.05) is 26.8 Å². The van der Waals surface area contributed by atoms with Gasteiger partial charge in [0.2, 0.25) is 0 Å². The van der Waals surface area contributed by atoms with Gasteiger partial charge in [0.25, 0.3) is 5.69 Å². The molecule has 0 amide bonds. The van der Waals surface area contributed by atoms with E-state index in [0.717, 1.165) is 3.57 Å². The Hall–Kier alpha value is -1.18. The summed E-state index contributed by atoms with van der Waals surface area (Å²) in [4.78, 5) is 22.1. The number of nitrogens with zero attached hydrogens (tertiary/aromatic N) is 1. The minimum atomic E-state index is -0.478. The lowest BCUT2D eigenvalue weighted by Crippen LogP contribution is -2.19. The van der Waals surface area contributed by atoms with Crippen molar-refractivity contribution in [1.29, 1.82) is 0 Å². The minimum absolute atomic E-state index is 0.0420. The third-order valence-corrected chi connectivity index (χ3v) is 2.92.